The molecule has 7 nitrogen and oxygen atoms in total. The lowest BCUT2D eigenvalue weighted by Crippen LogP contribution is -2.32. The Morgan fingerprint density at radius 2 is 1.74 bits per heavy atom. The maximum atomic E-state index is 13.3. The molecule has 1 saturated heterocycles. The molecule has 1 heterocycles. The molecule has 1 N–H and O–H groups in total. The first kappa shape index (κ1) is 25.3. The van der Waals surface area contributed by atoms with Gasteiger partial charge in [-0.1, -0.05) is 32.0 Å². The lowest BCUT2D eigenvalue weighted by atomic mass is 9.92. The first-order valence-corrected chi connectivity index (χ1v) is 11.5. The van der Waals surface area contributed by atoms with Gasteiger partial charge in [-0.2, -0.15) is 0 Å². The minimum Gasteiger partial charge on any atom is -0.507 e. The lowest BCUT2D eigenvalue weighted by molar-refractivity contribution is -0.140. The average molecular weight is 467 g/mol. The Kier molecular flexibility index (Phi) is 7.99. The zero-order chi connectivity index (χ0) is 25.0. The number of methoxy groups -OCH3 is 2. The van der Waals surface area contributed by atoms with Crippen molar-refractivity contribution in [2.45, 2.75) is 32.2 Å². The number of benzene rings is 2. The van der Waals surface area contributed by atoms with E-state index in [1.807, 2.05) is 57.1 Å². The number of carbonyl (C=O) groups is 2. The van der Waals surface area contributed by atoms with Crippen molar-refractivity contribution in [2.24, 2.45) is 0 Å². The Morgan fingerprint density at radius 1 is 1.06 bits per heavy atom. The van der Waals surface area contributed by atoms with Crippen LogP contribution in [0.4, 0.5) is 0 Å². The van der Waals surface area contributed by atoms with Gasteiger partial charge in [0.2, 0.25) is 0 Å². The van der Waals surface area contributed by atoms with E-state index in [1.54, 1.807) is 37.3 Å². The number of likely N-dealkylation sites (tertiary alicyclic amines) is 1. The normalized spacial score (nSPS) is 17.6. The molecule has 0 aliphatic carbocycles. The number of rotatable bonds is 9. The van der Waals surface area contributed by atoms with Crippen molar-refractivity contribution in [1.29, 1.82) is 0 Å². The predicted octanol–water partition coefficient (Wildman–Crippen LogP) is 4.20. The first-order chi connectivity index (χ1) is 16.2. The number of aliphatic hydroxyl groups is 1. The smallest absolute Gasteiger partial charge is 0.295 e. The molecule has 1 atom stereocenters. The van der Waals surface area contributed by atoms with Crippen LogP contribution in [0, 0.1) is 0 Å². The molecule has 1 amide bonds. The first-order valence-electron chi connectivity index (χ1n) is 11.5. The van der Waals surface area contributed by atoms with Gasteiger partial charge in [-0.05, 0) is 62.8 Å². The zero-order valence-corrected chi connectivity index (χ0v) is 20.8. The maximum Gasteiger partial charge on any atom is 0.295 e. The molecule has 0 radical (unpaired) electrons. The monoisotopic (exact) mass is 466 g/mol. The summed E-state index contributed by atoms with van der Waals surface area (Å²) in [5.41, 5.74) is 2.10. The van der Waals surface area contributed by atoms with Crippen molar-refractivity contribution in [3.63, 3.8) is 0 Å². The molecule has 1 fully saturated rings. The van der Waals surface area contributed by atoms with Crippen molar-refractivity contribution in [3.05, 3.63) is 64.7 Å². The highest BCUT2D eigenvalue weighted by atomic mass is 16.5. The predicted molar refractivity (Wildman–Crippen MR) is 132 cm³/mol. The molecule has 0 aromatic heterocycles. The van der Waals surface area contributed by atoms with E-state index in [0.29, 0.717) is 35.6 Å². The number of ether oxygens (including phenoxy) is 2. The number of ketones is 1. The number of amides is 1. The van der Waals surface area contributed by atoms with Crippen molar-refractivity contribution in [2.75, 3.05) is 41.4 Å². The Labute approximate surface area is 201 Å². The van der Waals surface area contributed by atoms with Gasteiger partial charge in [0.25, 0.3) is 11.7 Å². The van der Waals surface area contributed by atoms with Crippen LogP contribution in [0.3, 0.4) is 0 Å². The molecule has 3 rings (SSSR count). The van der Waals surface area contributed by atoms with E-state index in [2.05, 4.69) is 0 Å². The fraction of sp³-hybridized carbons (Fsp3) is 0.407. The Morgan fingerprint density at radius 3 is 2.35 bits per heavy atom. The molecule has 0 saturated carbocycles. The summed E-state index contributed by atoms with van der Waals surface area (Å²) in [5, 5.41) is 11.4. The number of hydrogen-bond acceptors (Lipinski definition) is 6. The SMILES string of the molecule is COc1ccc(/C(O)=C2\C(=O)C(=O)N(CCCN(C)C)C2c2ccccc2OC)cc1C(C)C. The van der Waals surface area contributed by atoms with Gasteiger partial charge in [-0.3, -0.25) is 9.59 Å². The van der Waals surface area contributed by atoms with Crippen molar-refractivity contribution in [1.82, 2.24) is 9.80 Å². The maximum absolute atomic E-state index is 13.3. The fourth-order valence-corrected chi connectivity index (χ4v) is 4.37. The number of carbonyl (C=O) groups excluding carboxylic acids is 2. The molecule has 2 aromatic carbocycles. The Balaban J connectivity index is 2.18. The molecule has 7 heteroatoms. The largest absolute Gasteiger partial charge is 0.507 e. The third-order valence-electron chi connectivity index (χ3n) is 6.10. The number of hydrogen-bond donors (Lipinski definition) is 1. The highest BCUT2D eigenvalue weighted by Crippen LogP contribution is 2.43. The molecule has 34 heavy (non-hydrogen) atoms. The molecular formula is C27H34N2O5. The van der Waals surface area contributed by atoms with E-state index >= 15 is 0 Å². The van der Waals surface area contributed by atoms with Gasteiger partial charge in [0.1, 0.15) is 17.3 Å². The van der Waals surface area contributed by atoms with E-state index in [9.17, 15) is 14.7 Å². The van der Waals surface area contributed by atoms with Crippen LogP contribution in [-0.2, 0) is 9.59 Å². The summed E-state index contributed by atoms with van der Waals surface area (Å²) in [4.78, 5) is 30.0. The molecule has 1 aliphatic heterocycles. The average Bonchev–Trinajstić information content (AvgIpc) is 3.07. The lowest BCUT2D eigenvalue weighted by Gasteiger charge is -2.27. The van der Waals surface area contributed by atoms with Crippen molar-refractivity contribution < 1.29 is 24.2 Å². The molecule has 0 bridgehead atoms. The summed E-state index contributed by atoms with van der Waals surface area (Å²) < 4.78 is 11.0. The van der Waals surface area contributed by atoms with Crippen LogP contribution in [0.15, 0.2) is 48.0 Å². The second-order valence-electron chi connectivity index (χ2n) is 9.00. The third-order valence-corrected chi connectivity index (χ3v) is 6.10. The highest BCUT2D eigenvalue weighted by molar-refractivity contribution is 6.46. The summed E-state index contributed by atoms with van der Waals surface area (Å²) in [6.45, 7) is 5.19. The number of Topliss-reactive ketones (excluding diaryl/α,β-unsaturated/α-hetero) is 1. The zero-order valence-electron chi connectivity index (χ0n) is 20.8. The van der Waals surface area contributed by atoms with E-state index in [-0.39, 0.29) is 17.3 Å². The van der Waals surface area contributed by atoms with Crippen LogP contribution >= 0.6 is 0 Å². The van der Waals surface area contributed by atoms with Crippen LogP contribution in [0.5, 0.6) is 11.5 Å². The molecule has 1 unspecified atom stereocenters. The van der Waals surface area contributed by atoms with Gasteiger partial charge in [0.05, 0.1) is 25.8 Å². The fourth-order valence-electron chi connectivity index (χ4n) is 4.37. The summed E-state index contributed by atoms with van der Waals surface area (Å²) in [7, 11) is 7.07. The van der Waals surface area contributed by atoms with Gasteiger partial charge < -0.3 is 24.4 Å². The second-order valence-corrected chi connectivity index (χ2v) is 9.00. The molecule has 0 spiro atoms. The van der Waals surface area contributed by atoms with Gasteiger partial charge in [0.15, 0.2) is 0 Å². The standard InChI is InChI=1S/C27H34N2O5/c1-17(2)20-16-18(12-13-22(20)34-6)25(30)23-24(19-10-7-8-11-21(19)33-5)29(27(32)26(23)31)15-9-14-28(3)4/h7-8,10-13,16-17,24,30H,9,14-15H2,1-6H3/b25-23+. The van der Waals surface area contributed by atoms with E-state index in [4.69, 9.17) is 9.47 Å². The topological polar surface area (TPSA) is 79.3 Å². The van der Waals surface area contributed by atoms with E-state index in [1.165, 1.54) is 0 Å². The van der Waals surface area contributed by atoms with Gasteiger partial charge >= 0.3 is 0 Å². The Hall–Kier alpha value is -3.32. The van der Waals surface area contributed by atoms with E-state index < -0.39 is 17.7 Å². The van der Waals surface area contributed by atoms with Crippen LogP contribution in [-0.4, -0.2) is 68.0 Å². The summed E-state index contributed by atoms with van der Waals surface area (Å²) in [6.07, 6.45) is 0.686. The van der Waals surface area contributed by atoms with Crippen LogP contribution in [0.1, 0.15) is 48.9 Å². The van der Waals surface area contributed by atoms with E-state index in [0.717, 1.165) is 12.1 Å². The summed E-state index contributed by atoms with van der Waals surface area (Å²) in [6, 6.07) is 11.8. The van der Waals surface area contributed by atoms with Crippen LogP contribution in [0.25, 0.3) is 5.76 Å². The minimum absolute atomic E-state index is 0.0687. The van der Waals surface area contributed by atoms with Gasteiger partial charge in [-0.15, -0.1) is 0 Å². The van der Waals surface area contributed by atoms with Crippen LogP contribution in [0.2, 0.25) is 0 Å². The van der Waals surface area contributed by atoms with Crippen molar-refractivity contribution >= 4 is 17.4 Å². The molecular weight excluding hydrogens is 432 g/mol. The molecule has 182 valence electrons. The van der Waals surface area contributed by atoms with Gasteiger partial charge in [0, 0.05) is 17.7 Å². The third kappa shape index (κ3) is 4.94. The number of aliphatic hydroxyl groups excluding tert-OH is 1. The number of nitrogens with zero attached hydrogens (tertiary/aromatic N) is 2. The van der Waals surface area contributed by atoms with Crippen LogP contribution < -0.4 is 9.47 Å². The number of para-hydroxylation sites is 1. The second kappa shape index (κ2) is 10.7. The van der Waals surface area contributed by atoms with Gasteiger partial charge in [-0.25, -0.2) is 0 Å². The summed E-state index contributed by atoms with van der Waals surface area (Å²) in [5.74, 6) is -0.114. The highest BCUT2D eigenvalue weighted by Gasteiger charge is 2.46. The van der Waals surface area contributed by atoms with Crippen molar-refractivity contribution in [3.8, 4) is 11.5 Å². The minimum atomic E-state index is -0.747. The Bertz CT molecular complexity index is 1090. The quantitative estimate of drug-likeness (QED) is 0.339. The molecule has 2 aromatic rings. The summed E-state index contributed by atoms with van der Waals surface area (Å²) >= 11 is 0. The molecule has 1 aliphatic rings.